The first-order valence-corrected chi connectivity index (χ1v) is 6.64. The van der Waals surface area contributed by atoms with E-state index in [0.29, 0.717) is 12.5 Å². The zero-order valence-corrected chi connectivity index (χ0v) is 11.3. The number of nitriles is 1. The monoisotopic (exact) mass is 262 g/mol. The van der Waals surface area contributed by atoms with Crippen LogP contribution in [0.5, 0.6) is 0 Å². The number of carbonyl (C=O) groups excluding carboxylic acids is 1. The van der Waals surface area contributed by atoms with Crippen LogP contribution in [0.25, 0.3) is 0 Å². The molecule has 0 aromatic carbocycles. The molecule has 1 fully saturated rings. The van der Waals surface area contributed by atoms with Crippen LogP contribution in [0.15, 0.2) is 22.8 Å². The average Bonchev–Trinajstić information content (AvgIpc) is 3.12. The molecule has 102 valence electrons. The lowest BCUT2D eigenvalue weighted by Gasteiger charge is -2.22. The zero-order valence-electron chi connectivity index (χ0n) is 11.3. The van der Waals surface area contributed by atoms with Crippen molar-refractivity contribution >= 4 is 5.91 Å². The second-order valence-electron chi connectivity index (χ2n) is 5.38. The van der Waals surface area contributed by atoms with Gasteiger partial charge in [-0.2, -0.15) is 5.26 Å². The predicted octanol–water partition coefficient (Wildman–Crippen LogP) is 0.712. The minimum Gasteiger partial charge on any atom is -0.463 e. The van der Waals surface area contributed by atoms with Crippen molar-refractivity contribution in [1.82, 2.24) is 5.32 Å². The van der Waals surface area contributed by atoms with Crippen molar-refractivity contribution in [3.8, 4) is 6.07 Å². The van der Waals surface area contributed by atoms with Crippen LogP contribution in [0.4, 0.5) is 0 Å². The summed E-state index contributed by atoms with van der Waals surface area (Å²) >= 11 is 0. The Bertz CT molecular complexity index is 473. The molecule has 0 radical (unpaired) electrons. The fourth-order valence-corrected chi connectivity index (χ4v) is 2.17. The summed E-state index contributed by atoms with van der Waals surface area (Å²) in [7, 11) is 0. The van der Waals surface area contributed by atoms with Crippen molar-refractivity contribution < 1.29 is 14.5 Å². The third-order valence-corrected chi connectivity index (χ3v) is 3.67. The molecule has 5 nitrogen and oxygen atoms in total. The number of furan rings is 1. The summed E-state index contributed by atoms with van der Waals surface area (Å²) in [6, 6.07) is 6.04. The van der Waals surface area contributed by atoms with Crippen molar-refractivity contribution in [3.63, 3.8) is 0 Å². The average molecular weight is 262 g/mol. The molecule has 1 saturated carbocycles. The summed E-state index contributed by atoms with van der Waals surface area (Å²) in [5.41, 5.74) is -0.709. The first-order chi connectivity index (χ1) is 9.05. The highest BCUT2D eigenvalue weighted by Gasteiger charge is 2.43. The molecule has 1 amide bonds. The number of amides is 1. The van der Waals surface area contributed by atoms with Crippen molar-refractivity contribution in [2.45, 2.75) is 38.3 Å². The quantitative estimate of drug-likeness (QED) is 0.792. The van der Waals surface area contributed by atoms with E-state index in [-0.39, 0.29) is 11.9 Å². The summed E-state index contributed by atoms with van der Waals surface area (Å²) in [5.74, 6) is 1.05. The van der Waals surface area contributed by atoms with E-state index in [0.717, 1.165) is 18.6 Å². The van der Waals surface area contributed by atoms with Gasteiger partial charge in [-0.3, -0.25) is 4.79 Å². The van der Waals surface area contributed by atoms with Crippen molar-refractivity contribution in [3.05, 3.63) is 24.2 Å². The van der Waals surface area contributed by atoms with Gasteiger partial charge >= 0.3 is 0 Å². The molecule has 0 bridgehead atoms. The van der Waals surface area contributed by atoms with E-state index in [1.165, 1.54) is 0 Å². The van der Waals surface area contributed by atoms with Crippen LogP contribution in [0.2, 0.25) is 0 Å². The lowest BCUT2D eigenvalue weighted by Crippen LogP contribution is -2.87. The van der Waals surface area contributed by atoms with E-state index in [1.807, 2.05) is 24.4 Å². The maximum absolute atomic E-state index is 11.9. The molecular weight excluding hydrogens is 242 g/mol. The van der Waals surface area contributed by atoms with Gasteiger partial charge in [0.25, 0.3) is 5.91 Å². The Hall–Kier alpha value is -1.80. The maximum Gasteiger partial charge on any atom is 0.276 e. The van der Waals surface area contributed by atoms with Gasteiger partial charge in [-0.15, -0.1) is 0 Å². The highest BCUT2D eigenvalue weighted by Crippen LogP contribution is 2.39. The van der Waals surface area contributed by atoms with Crippen LogP contribution in [-0.2, 0) is 4.79 Å². The molecule has 1 aromatic rings. The first-order valence-electron chi connectivity index (χ1n) is 6.64. The molecule has 0 spiro atoms. The summed E-state index contributed by atoms with van der Waals surface area (Å²) in [5, 5.41) is 13.9. The smallest absolute Gasteiger partial charge is 0.276 e. The topological polar surface area (TPSA) is 82.6 Å². The van der Waals surface area contributed by atoms with Crippen LogP contribution in [0, 0.1) is 17.2 Å². The number of nitrogens with one attached hydrogen (secondary N) is 1. The van der Waals surface area contributed by atoms with Crippen LogP contribution < -0.4 is 10.6 Å². The van der Waals surface area contributed by atoms with Gasteiger partial charge in [0.2, 0.25) is 0 Å². The molecule has 3 N–H and O–H groups in total. The predicted molar refractivity (Wildman–Crippen MR) is 68.8 cm³/mol. The Morgan fingerprint density at radius 1 is 1.74 bits per heavy atom. The fourth-order valence-electron chi connectivity index (χ4n) is 2.17. The van der Waals surface area contributed by atoms with E-state index in [4.69, 9.17) is 4.42 Å². The molecule has 19 heavy (non-hydrogen) atoms. The molecule has 0 saturated heterocycles. The van der Waals surface area contributed by atoms with E-state index >= 15 is 0 Å². The van der Waals surface area contributed by atoms with Gasteiger partial charge in [0.05, 0.1) is 12.3 Å². The first kappa shape index (κ1) is 13.6. The highest BCUT2D eigenvalue weighted by molar-refractivity contribution is 5.78. The Kier molecular flexibility index (Phi) is 3.91. The molecule has 0 unspecified atom stereocenters. The van der Waals surface area contributed by atoms with Crippen molar-refractivity contribution in [2.75, 3.05) is 6.54 Å². The molecule has 1 aliphatic rings. The number of nitrogens with zero attached hydrogens (tertiary/aromatic N) is 1. The van der Waals surface area contributed by atoms with Gasteiger partial charge in [-0.1, -0.05) is 0 Å². The third kappa shape index (κ3) is 3.36. The standard InChI is InChI=1S/C14H19N3O2/c1-10(12-4-3-7-19-12)16-8-13(18)17-14(2,9-15)11-5-6-11/h3-4,7,10-11,16H,5-6,8H2,1-2H3,(H,17,18)/p+1/t10-,14-/m1/s1. The highest BCUT2D eigenvalue weighted by atomic mass is 16.3. The Balaban J connectivity index is 1.80. The van der Waals surface area contributed by atoms with Crippen LogP contribution in [0.1, 0.15) is 38.5 Å². The lowest BCUT2D eigenvalue weighted by molar-refractivity contribution is -0.684. The van der Waals surface area contributed by atoms with Gasteiger partial charge in [0, 0.05) is 0 Å². The summed E-state index contributed by atoms with van der Waals surface area (Å²) in [6.45, 7) is 4.08. The molecule has 2 rings (SSSR count). The minimum absolute atomic E-state index is 0.0926. The van der Waals surface area contributed by atoms with Gasteiger partial charge in [-0.25, -0.2) is 0 Å². The molecule has 2 atom stereocenters. The maximum atomic E-state index is 11.9. The van der Waals surface area contributed by atoms with Gasteiger partial charge in [-0.05, 0) is 44.7 Å². The summed E-state index contributed by atoms with van der Waals surface area (Å²) in [6.07, 6.45) is 3.67. The van der Waals surface area contributed by atoms with Crippen molar-refractivity contribution in [1.29, 1.82) is 5.26 Å². The molecule has 5 heteroatoms. The summed E-state index contributed by atoms with van der Waals surface area (Å²) in [4.78, 5) is 11.9. The molecule has 1 heterocycles. The second-order valence-corrected chi connectivity index (χ2v) is 5.38. The Morgan fingerprint density at radius 2 is 2.47 bits per heavy atom. The van der Waals surface area contributed by atoms with Gasteiger partial charge in [0.1, 0.15) is 11.6 Å². The van der Waals surface area contributed by atoms with Gasteiger partial charge in [0.15, 0.2) is 12.3 Å². The minimum atomic E-state index is -0.709. The van der Waals surface area contributed by atoms with E-state index in [1.54, 1.807) is 13.2 Å². The molecule has 1 aliphatic carbocycles. The van der Waals surface area contributed by atoms with Crippen LogP contribution >= 0.6 is 0 Å². The number of carbonyl (C=O) groups is 1. The largest absolute Gasteiger partial charge is 0.463 e. The molecule has 1 aromatic heterocycles. The number of nitrogens with two attached hydrogens (primary N) is 1. The van der Waals surface area contributed by atoms with Crippen LogP contribution in [0.3, 0.4) is 0 Å². The normalized spacial score (nSPS) is 19.2. The fraction of sp³-hybridized carbons (Fsp3) is 0.571. The van der Waals surface area contributed by atoms with E-state index < -0.39 is 5.54 Å². The second kappa shape index (κ2) is 5.45. The number of hydrogen-bond acceptors (Lipinski definition) is 3. The van der Waals surface area contributed by atoms with Crippen molar-refractivity contribution in [2.24, 2.45) is 5.92 Å². The Morgan fingerprint density at radius 3 is 3.00 bits per heavy atom. The third-order valence-electron chi connectivity index (χ3n) is 3.67. The summed E-state index contributed by atoms with van der Waals surface area (Å²) < 4.78 is 5.28. The molecule has 0 aliphatic heterocycles. The van der Waals surface area contributed by atoms with E-state index in [9.17, 15) is 10.1 Å². The van der Waals surface area contributed by atoms with E-state index in [2.05, 4.69) is 11.4 Å². The zero-order chi connectivity index (χ0) is 13.9. The Labute approximate surface area is 113 Å². The number of hydrogen-bond donors (Lipinski definition) is 2. The SMILES string of the molecule is C[C@@H]([NH2+]CC(=O)N[C@](C)(C#N)C1CC1)c1ccco1. The number of rotatable bonds is 6. The number of quaternary nitrogens is 1. The van der Waals surface area contributed by atoms with Gasteiger partial charge < -0.3 is 15.1 Å². The lowest BCUT2D eigenvalue weighted by atomic mass is 9.98. The molecular formula is C14H20N3O2+. The van der Waals surface area contributed by atoms with Crippen LogP contribution in [-0.4, -0.2) is 18.0 Å².